The maximum atomic E-state index is 13.1. The van der Waals surface area contributed by atoms with Gasteiger partial charge in [-0.3, -0.25) is 9.59 Å². The lowest BCUT2D eigenvalue weighted by Crippen LogP contribution is -2.50. The van der Waals surface area contributed by atoms with E-state index in [9.17, 15) is 9.59 Å². The molecule has 8 heteroatoms. The second kappa shape index (κ2) is 12.6. The van der Waals surface area contributed by atoms with Crippen molar-refractivity contribution in [3.8, 4) is 0 Å². The third kappa shape index (κ3) is 7.90. The zero-order chi connectivity index (χ0) is 23.0. The first-order valence-electron chi connectivity index (χ1n) is 10.1. The average Bonchev–Trinajstić information content (AvgIpc) is 2.74. The standard InChI is InChI=1S/C23H27Cl3N2O2S/c1-4-15(2)27-23(30)16(3)28(12-18-7-5-6-8-19(18)24)22(29)14-31-13-17-9-10-20(25)21(26)11-17/h5-11,15-16H,4,12-14H2,1-3H3,(H,27,30)/t15-,16-/m1/s1. The number of halogens is 3. The summed E-state index contributed by atoms with van der Waals surface area (Å²) in [5, 5.41) is 4.51. The first-order valence-corrected chi connectivity index (χ1v) is 12.4. The summed E-state index contributed by atoms with van der Waals surface area (Å²) in [7, 11) is 0. The molecule has 2 aromatic rings. The van der Waals surface area contributed by atoms with Gasteiger partial charge < -0.3 is 10.2 Å². The number of hydrogen-bond acceptors (Lipinski definition) is 3. The topological polar surface area (TPSA) is 49.4 Å². The minimum absolute atomic E-state index is 0.0382. The summed E-state index contributed by atoms with van der Waals surface area (Å²) >= 11 is 19.8. The lowest BCUT2D eigenvalue weighted by Gasteiger charge is -2.30. The Morgan fingerprint density at radius 1 is 1.03 bits per heavy atom. The minimum Gasteiger partial charge on any atom is -0.352 e. The molecule has 2 aromatic carbocycles. The van der Waals surface area contributed by atoms with Gasteiger partial charge in [0.2, 0.25) is 11.8 Å². The predicted octanol–water partition coefficient (Wildman–Crippen LogP) is 6.21. The van der Waals surface area contributed by atoms with Crippen LogP contribution in [0.3, 0.4) is 0 Å². The Labute approximate surface area is 203 Å². The van der Waals surface area contributed by atoms with Crippen molar-refractivity contribution in [3.05, 3.63) is 68.7 Å². The summed E-state index contributed by atoms with van der Waals surface area (Å²) in [4.78, 5) is 27.4. The van der Waals surface area contributed by atoms with E-state index in [1.807, 2.05) is 38.1 Å². The van der Waals surface area contributed by atoms with Crippen molar-refractivity contribution < 1.29 is 9.59 Å². The van der Waals surface area contributed by atoms with Gasteiger partial charge in [0.1, 0.15) is 6.04 Å². The number of hydrogen-bond donors (Lipinski definition) is 1. The Morgan fingerprint density at radius 2 is 1.74 bits per heavy atom. The third-order valence-corrected chi connectivity index (χ3v) is 7.04. The fourth-order valence-electron chi connectivity index (χ4n) is 2.83. The van der Waals surface area contributed by atoms with Gasteiger partial charge in [-0.05, 0) is 49.6 Å². The van der Waals surface area contributed by atoms with E-state index in [0.717, 1.165) is 17.5 Å². The van der Waals surface area contributed by atoms with Crippen molar-refractivity contribution in [2.75, 3.05) is 5.75 Å². The average molecular weight is 502 g/mol. The van der Waals surface area contributed by atoms with Gasteiger partial charge in [0.15, 0.2) is 0 Å². The van der Waals surface area contributed by atoms with E-state index in [-0.39, 0.29) is 30.2 Å². The summed E-state index contributed by atoms with van der Waals surface area (Å²) in [6.45, 7) is 5.96. The molecular weight excluding hydrogens is 475 g/mol. The molecule has 2 amide bonds. The molecule has 0 bridgehead atoms. The van der Waals surface area contributed by atoms with Crippen molar-refractivity contribution in [1.29, 1.82) is 0 Å². The second-order valence-electron chi connectivity index (χ2n) is 7.35. The van der Waals surface area contributed by atoms with Gasteiger partial charge in [-0.15, -0.1) is 11.8 Å². The van der Waals surface area contributed by atoms with Gasteiger partial charge in [-0.25, -0.2) is 0 Å². The molecule has 0 saturated carbocycles. The molecule has 0 spiro atoms. The highest BCUT2D eigenvalue weighted by Crippen LogP contribution is 2.25. The van der Waals surface area contributed by atoms with Crippen molar-refractivity contribution >= 4 is 58.4 Å². The van der Waals surface area contributed by atoms with Crippen LogP contribution in [-0.2, 0) is 21.9 Å². The molecule has 0 aliphatic carbocycles. The Kier molecular flexibility index (Phi) is 10.5. The molecule has 4 nitrogen and oxygen atoms in total. The van der Waals surface area contributed by atoms with Crippen LogP contribution >= 0.6 is 46.6 Å². The van der Waals surface area contributed by atoms with E-state index in [1.54, 1.807) is 30.0 Å². The zero-order valence-electron chi connectivity index (χ0n) is 17.8. The van der Waals surface area contributed by atoms with Gasteiger partial charge in [0.05, 0.1) is 15.8 Å². The molecule has 0 radical (unpaired) electrons. The van der Waals surface area contributed by atoms with E-state index in [2.05, 4.69) is 5.32 Å². The summed E-state index contributed by atoms with van der Waals surface area (Å²) in [6.07, 6.45) is 0.816. The summed E-state index contributed by atoms with van der Waals surface area (Å²) in [5.41, 5.74) is 1.78. The minimum atomic E-state index is -0.622. The number of benzene rings is 2. The van der Waals surface area contributed by atoms with Crippen LogP contribution in [-0.4, -0.2) is 34.6 Å². The number of nitrogens with one attached hydrogen (secondary N) is 1. The third-order valence-electron chi connectivity index (χ3n) is 4.95. The Hall–Kier alpha value is -1.40. The first kappa shape index (κ1) is 25.9. The maximum Gasteiger partial charge on any atom is 0.242 e. The highest BCUT2D eigenvalue weighted by molar-refractivity contribution is 7.99. The summed E-state index contributed by atoms with van der Waals surface area (Å²) in [6, 6.07) is 12.2. The Morgan fingerprint density at radius 3 is 2.39 bits per heavy atom. The molecule has 2 rings (SSSR count). The molecule has 0 fully saturated rings. The highest BCUT2D eigenvalue weighted by Gasteiger charge is 2.27. The van der Waals surface area contributed by atoms with Gasteiger partial charge in [-0.2, -0.15) is 0 Å². The van der Waals surface area contributed by atoms with Crippen molar-refractivity contribution in [3.63, 3.8) is 0 Å². The number of carbonyl (C=O) groups is 2. The Balaban J connectivity index is 2.10. The number of thioether (sulfide) groups is 1. The molecule has 0 saturated heterocycles. The lowest BCUT2D eigenvalue weighted by atomic mass is 10.1. The predicted molar refractivity (Wildman–Crippen MR) is 132 cm³/mol. The molecule has 0 unspecified atom stereocenters. The van der Waals surface area contributed by atoms with Crippen molar-refractivity contribution in [2.45, 2.75) is 51.6 Å². The van der Waals surface area contributed by atoms with Crippen LogP contribution in [0.4, 0.5) is 0 Å². The monoisotopic (exact) mass is 500 g/mol. The van der Waals surface area contributed by atoms with Crippen molar-refractivity contribution in [2.24, 2.45) is 0 Å². The van der Waals surface area contributed by atoms with Gasteiger partial charge in [0, 0.05) is 23.4 Å². The van der Waals surface area contributed by atoms with Gasteiger partial charge >= 0.3 is 0 Å². The lowest BCUT2D eigenvalue weighted by molar-refractivity contribution is -0.138. The van der Waals surface area contributed by atoms with Crippen LogP contribution in [0.5, 0.6) is 0 Å². The van der Waals surface area contributed by atoms with E-state index in [4.69, 9.17) is 34.8 Å². The molecule has 0 aliphatic heterocycles. The smallest absolute Gasteiger partial charge is 0.242 e. The largest absolute Gasteiger partial charge is 0.352 e. The number of nitrogens with zero attached hydrogens (tertiary/aromatic N) is 1. The molecule has 0 heterocycles. The van der Waals surface area contributed by atoms with E-state index in [1.165, 1.54) is 11.8 Å². The van der Waals surface area contributed by atoms with E-state index >= 15 is 0 Å². The molecule has 0 aliphatic rings. The Bertz CT molecular complexity index is 910. The fourth-order valence-corrected chi connectivity index (χ4v) is 4.20. The SMILES string of the molecule is CC[C@@H](C)NC(=O)[C@@H](C)N(Cc1ccccc1Cl)C(=O)CSCc1ccc(Cl)c(Cl)c1. The number of amides is 2. The maximum absolute atomic E-state index is 13.1. The van der Waals surface area contributed by atoms with Gasteiger partial charge in [0.25, 0.3) is 0 Å². The normalized spacial score (nSPS) is 12.8. The molecule has 31 heavy (non-hydrogen) atoms. The summed E-state index contributed by atoms with van der Waals surface area (Å²) < 4.78 is 0. The quantitative estimate of drug-likeness (QED) is 0.421. The molecule has 1 N–H and O–H groups in total. The molecule has 168 valence electrons. The van der Waals surface area contributed by atoms with Gasteiger partial charge in [-0.1, -0.05) is 66.0 Å². The first-order chi connectivity index (χ1) is 14.7. The molecular formula is C23H27Cl3N2O2S. The molecule has 2 atom stereocenters. The van der Waals surface area contributed by atoms with Crippen LogP contribution < -0.4 is 5.32 Å². The van der Waals surface area contributed by atoms with E-state index in [0.29, 0.717) is 20.8 Å². The van der Waals surface area contributed by atoms with Crippen LogP contribution in [0.2, 0.25) is 15.1 Å². The molecule has 0 aromatic heterocycles. The summed E-state index contributed by atoms with van der Waals surface area (Å²) in [5.74, 6) is 0.530. The van der Waals surface area contributed by atoms with Crippen LogP contribution in [0, 0.1) is 0 Å². The fraction of sp³-hybridized carbons (Fsp3) is 0.391. The van der Waals surface area contributed by atoms with Crippen molar-refractivity contribution in [1.82, 2.24) is 10.2 Å². The van der Waals surface area contributed by atoms with Crippen LogP contribution in [0.25, 0.3) is 0 Å². The number of rotatable bonds is 10. The van der Waals surface area contributed by atoms with Crippen LogP contribution in [0.15, 0.2) is 42.5 Å². The second-order valence-corrected chi connectivity index (χ2v) is 9.56. The number of carbonyl (C=O) groups excluding carboxylic acids is 2. The van der Waals surface area contributed by atoms with Crippen LogP contribution in [0.1, 0.15) is 38.3 Å². The van der Waals surface area contributed by atoms with E-state index < -0.39 is 6.04 Å². The zero-order valence-corrected chi connectivity index (χ0v) is 20.9. The highest BCUT2D eigenvalue weighted by atomic mass is 35.5.